The third-order valence-corrected chi connectivity index (χ3v) is 4.73. The molecule has 4 N–H and O–H groups in total. The number of ether oxygens (including phenoxy) is 1. The largest absolute Gasteiger partial charge is 0.445 e. The van der Waals surface area contributed by atoms with Crippen molar-refractivity contribution in [2.24, 2.45) is 5.92 Å². The standard InChI is InChI=1S/C24H30N2O6/c1-16(2)13-19(21(27)23(29)30)25-22(28)20(14-17-9-5-3-6-10-17)26-24(31)32-15-18-11-7-4-8-12-18/h3-12,16,19-20,23,29-30H,13-15H2,1-2H3,(H,25,28)(H,26,31)/t19-,20+/m0/s1. The molecule has 0 spiro atoms. The Balaban J connectivity index is 2.10. The molecule has 32 heavy (non-hydrogen) atoms. The summed E-state index contributed by atoms with van der Waals surface area (Å²) in [5.41, 5.74) is 1.59. The first-order valence-corrected chi connectivity index (χ1v) is 10.5. The fraction of sp³-hybridized carbons (Fsp3) is 0.375. The van der Waals surface area contributed by atoms with E-state index in [0.29, 0.717) is 0 Å². The summed E-state index contributed by atoms with van der Waals surface area (Å²) in [6, 6.07) is 16.1. The molecule has 0 unspecified atom stereocenters. The molecule has 0 fully saturated rings. The van der Waals surface area contributed by atoms with Gasteiger partial charge >= 0.3 is 6.09 Å². The minimum absolute atomic E-state index is 0.0133. The van der Waals surface area contributed by atoms with E-state index in [1.54, 1.807) is 0 Å². The maximum atomic E-state index is 13.0. The summed E-state index contributed by atoms with van der Waals surface area (Å²) in [5, 5.41) is 23.7. The highest BCUT2D eigenvalue weighted by molar-refractivity contribution is 5.93. The highest BCUT2D eigenvalue weighted by Gasteiger charge is 2.30. The molecular formula is C24H30N2O6. The van der Waals surface area contributed by atoms with Crippen LogP contribution in [0.2, 0.25) is 0 Å². The number of ketones is 1. The Kier molecular flexibility index (Phi) is 9.84. The van der Waals surface area contributed by atoms with E-state index in [4.69, 9.17) is 4.74 Å². The number of hydrogen-bond acceptors (Lipinski definition) is 6. The van der Waals surface area contributed by atoms with Crippen molar-refractivity contribution < 1.29 is 29.3 Å². The number of nitrogens with one attached hydrogen (secondary N) is 2. The minimum atomic E-state index is -2.20. The fourth-order valence-electron chi connectivity index (χ4n) is 3.14. The molecule has 0 aliphatic carbocycles. The summed E-state index contributed by atoms with van der Waals surface area (Å²) in [6.07, 6.45) is -2.59. The lowest BCUT2D eigenvalue weighted by Gasteiger charge is -2.24. The maximum absolute atomic E-state index is 13.0. The van der Waals surface area contributed by atoms with Crippen molar-refractivity contribution in [3.05, 3.63) is 71.8 Å². The summed E-state index contributed by atoms with van der Waals surface area (Å²) in [7, 11) is 0. The van der Waals surface area contributed by atoms with Crippen molar-refractivity contribution in [2.45, 2.75) is 51.7 Å². The molecule has 8 heteroatoms. The van der Waals surface area contributed by atoms with E-state index >= 15 is 0 Å². The summed E-state index contributed by atoms with van der Waals surface area (Å²) in [6.45, 7) is 3.73. The molecule has 0 radical (unpaired) electrons. The zero-order valence-corrected chi connectivity index (χ0v) is 18.2. The molecular weight excluding hydrogens is 412 g/mol. The molecule has 0 saturated heterocycles. The molecule has 0 heterocycles. The number of aliphatic hydroxyl groups excluding tert-OH is 1. The number of aliphatic hydroxyl groups is 2. The lowest BCUT2D eigenvalue weighted by molar-refractivity contribution is -0.149. The van der Waals surface area contributed by atoms with Crippen LogP contribution in [0.3, 0.4) is 0 Å². The second-order valence-electron chi connectivity index (χ2n) is 7.92. The Morgan fingerprint density at radius 2 is 1.41 bits per heavy atom. The van der Waals surface area contributed by atoms with Gasteiger partial charge in [-0.25, -0.2) is 4.79 Å². The van der Waals surface area contributed by atoms with Crippen LogP contribution in [0.4, 0.5) is 4.79 Å². The predicted octanol–water partition coefficient (Wildman–Crippen LogP) is 1.93. The molecule has 0 saturated carbocycles. The van der Waals surface area contributed by atoms with Crippen molar-refractivity contribution in [2.75, 3.05) is 0 Å². The van der Waals surface area contributed by atoms with Crippen LogP contribution in [0, 0.1) is 5.92 Å². The molecule has 2 aromatic carbocycles. The van der Waals surface area contributed by atoms with Crippen LogP contribution in [-0.2, 0) is 27.4 Å². The number of alkyl carbamates (subject to hydrolysis) is 1. The van der Waals surface area contributed by atoms with Gasteiger partial charge in [0.1, 0.15) is 12.6 Å². The number of Topliss-reactive ketones (excluding diaryl/α,β-unsaturated/α-hetero) is 1. The molecule has 0 aliphatic rings. The van der Waals surface area contributed by atoms with Crippen LogP contribution in [0.1, 0.15) is 31.4 Å². The molecule has 0 bridgehead atoms. The third kappa shape index (κ3) is 8.49. The van der Waals surface area contributed by atoms with Gasteiger partial charge in [-0.1, -0.05) is 74.5 Å². The van der Waals surface area contributed by atoms with Gasteiger partial charge in [0.15, 0.2) is 0 Å². The van der Waals surface area contributed by atoms with Crippen LogP contribution >= 0.6 is 0 Å². The zero-order valence-electron chi connectivity index (χ0n) is 18.2. The number of rotatable bonds is 11. The third-order valence-electron chi connectivity index (χ3n) is 4.73. The Bertz CT molecular complexity index is 871. The molecule has 2 atom stereocenters. The first kappa shape index (κ1) is 25.0. The van der Waals surface area contributed by atoms with Gasteiger partial charge in [0.2, 0.25) is 18.0 Å². The van der Waals surface area contributed by atoms with E-state index in [1.807, 2.05) is 74.5 Å². The maximum Gasteiger partial charge on any atom is 0.408 e. The number of carbonyl (C=O) groups is 3. The van der Waals surface area contributed by atoms with Gasteiger partial charge in [-0.05, 0) is 23.5 Å². The van der Waals surface area contributed by atoms with Crippen molar-refractivity contribution in [3.63, 3.8) is 0 Å². The molecule has 2 amide bonds. The van der Waals surface area contributed by atoms with Gasteiger partial charge in [0.25, 0.3) is 0 Å². The van der Waals surface area contributed by atoms with Crippen LogP contribution in [-0.4, -0.2) is 46.4 Å². The summed E-state index contributed by atoms with van der Waals surface area (Å²) in [4.78, 5) is 37.5. The van der Waals surface area contributed by atoms with E-state index in [-0.39, 0.29) is 25.4 Å². The molecule has 2 aromatic rings. The molecule has 0 aliphatic heterocycles. The topological polar surface area (TPSA) is 125 Å². The average Bonchev–Trinajstić information content (AvgIpc) is 2.77. The van der Waals surface area contributed by atoms with Gasteiger partial charge in [0.05, 0.1) is 6.04 Å². The fourth-order valence-corrected chi connectivity index (χ4v) is 3.14. The number of carbonyl (C=O) groups excluding carboxylic acids is 3. The summed E-state index contributed by atoms with van der Waals surface area (Å²) in [5.74, 6) is -1.51. The highest BCUT2D eigenvalue weighted by atomic mass is 16.5. The quantitative estimate of drug-likeness (QED) is 0.394. The smallest absolute Gasteiger partial charge is 0.408 e. The normalized spacial score (nSPS) is 12.8. The summed E-state index contributed by atoms with van der Waals surface area (Å²) < 4.78 is 5.22. The van der Waals surface area contributed by atoms with Gasteiger partial charge < -0.3 is 25.6 Å². The van der Waals surface area contributed by atoms with Gasteiger partial charge in [-0.15, -0.1) is 0 Å². The molecule has 2 rings (SSSR count). The predicted molar refractivity (Wildman–Crippen MR) is 118 cm³/mol. The van der Waals surface area contributed by atoms with Gasteiger partial charge in [-0.2, -0.15) is 0 Å². The van der Waals surface area contributed by atoms with E-state index < -0.39 is 36.2 Å². The minimum Gasteiger partial charge on any atom is -0.445 e. The second-order valence-corrected chi connectivity index (χ2v) is 7.92. The Morgan fingerprint density at radius 1 is 0.844 bits per heavy atom. The number of benzene rings is 2. The van der Waals surface area contributed by atoms with Crippen LogP contribution in [0.25, 0.3) is 0 Å². The lowest BCUT2D eigenvalue weighted by Crippen LogP contribution is -2.54. The van der Waals surface area contributed by atoms with Crippen molar-refractivity contribution in [3.8, 4) is 0 Å². The highest BCUT2D eigenvalue weighted by Crippen LogP contribution is 2.10. The second kappa shape index (κ2) is 12.6. The van der Waals surface area contributed by atoms with E-state index in [1.165, 1.54) is 0 Å². The Morgan fingerprint density at radius 3 is 1.94 bits per heavy atom. The summed E-state index contributed by atoms with van der Waals surface area (Å²) >= 11 is 0. The van der Waals surface area contributed by atoms with Crippen LogP contribution in [0.5, 0.6) is 0 Å². The monoisotopic (exact) mass is 442 g/mol. The lowest BCUT2D eigenvalue weighted by atomic mass is 9.98. The van der Waals surface area contributed by atoms with Gasteiger partial charge in [-0.3, -0.25) is 9.59 Å². The Hall–Kier alpha value is -3.23. The number of hydrogen-bond donors (Lipinski definition) is 4. The molecule has 0 aromatic heterocycles. The van der Waals surface area contributed by atoms with Crippen LogP contribution in [0.15, 0.2) is 60.7 Å². The molecule has 172 valence electrons. The van der Waals surface area contributed by atoms with Crippen molar-refractivity contribution in [1.82, 2.24) is 10.6 Å². The number of amides is 2. The van der Waals surface area contributed by atoms with Crippen molar-refractivity contribution >= 4 is 17.8 Å². The SMILES string of the molecule is CC(C)C[C@H](NC(=O)[C@@H](Cc1ccccc1)NC(=O)OCc1ccccc1)C(=O)C(O)O. The van der Waals surface area contributed by atoms with Gasteiger partial charge in [0, 0.05) is 6.42 Å². The van der Waals surface area contributed by atoms with Crippen molar-refractivity contribution in [1.29, 1.82) is 0 Å². The Labute approximate surface area is 187 Å². The van der Waals surface area contributed by atoms with Crippen LogP contribution < -0.4 is 10.6 Å². The first-order valence-electron chi connectivity index (χ1n) is 10.5. The van der Waals surface area contributed by atoms with E-state index in [9.17, 15) is 24.6 Å². The first-order chi connectivity index (χ1) is 15.3. The zero-order chi connectivity index (χ0) is 23.5. The molecule has 8 nitrogen and oxygen atoms in total. The van der Waals surface area contributed by atoms with E-state index in [0.717, 1.165) is 11.1 Å². The van der Waals surface area contributed by atoms with E-state index in [2.05, 4.69) is 10.6 Å². The average molecular weight is 443 g/mol.